The van der Waals surface area contributed by atoms with E-state index in [9.17, 15) is 19.2 Å². The molecule has 16 heteroatoms. The minimum atomic E-state index is -0.875. The van der Waals surface area contributed by atoms with Crippen LogP contribution in [0.3, 0.4) is 0 Å². The van der Waals surface area contributed by atoms with Crippen LogP contribution in [0.1, 0.15) is 69.2 Å². The zero-order valence-electron chi connectivity index (χ0n) is 31.8. The first-order valence-electron chi connectivity index (χ1n) is 19.1. The summed E-state index contributed by atoms with van der Waals surface area (Å²) in [6, 6.07) is 12.2. The first-order chi connectivity index (χ1) is 27.2. The van der Waals surface area contributed by atoms with E-state index < -0.39 is 24.3 Å². The number of nitrogens with one attached hydrogen (secondary N) is 4. The molecule has 3 aliphatic rings. The lowest BCUT2D eigenvalue weighted by atomic mass is 10.00. The summed E-state index contributed by atoms with van der Waals surface area (Å²) in [7, 11) is 2.54. The third-order valence-corrected chi connectivity index (χ3v) is 10.6. The number of amides is 4. The third kappa shape index (κ3) is 8.34. The molecule has 2 aromatic heterocycles. The maximum absolute atomic E-state index is 13.7. The van der Waals surface area contributed by atoms with Gasteiger partial charge in [-0.05, 0) is 74.3 Å². The number of aromatic nitrogens is 4. The van der Waals surface area contributed by atoms with Crippen LogP contribution in [0.4, 0.5) is 9.59 Å². The fourth-order valence-corrected chi connectivity index (χ4v) is 7.62. The summed E-state index contributed by atoms with van der Waals surface area (Å²) >= 11 is 0. The van der Waals surface area contributed by atoms with E-state index in [1.807, 2.05) is 24.3 Å². The van der Waals surface area contributed by atoms with E-state index in [0.717, 1.165) is 59.3 Å². The van der Waals surface area contributed by atoms with Gasteiger partial charge in [0.2, 0.25) is 11.8 Å². The van der Waals surface area contributed by atoms with Crippen LogP contribution in [-0.2, 0) is 23.8 Å². The number of imidazole rings is 2. The molecule has 56 heavy (non-hydrogen) atoms. The Morgan fingerprint density at radius 2 is 1.48 bits per heavy atom. The third-order valence-electron chi connectivity index (χ3n) is 10.6. The number of carbonyl (C=O) groups is 4. The molecule has 2 aromatic carbocycles. The summed E-state index contributed by atoms with van der Waals surface area (Å²) in [6.07, 6.45) is 6.79. The van der Waals surface area contributed by atoms with Gasteiger partial charge in [-0.15, -0.1) is 0 Å². The molecule has 0 saturated carbocycles. The van der Waals surface area contributed by atoms with Crippen LogP contribution in [0.2, 0.25) is 0 Å². The highest BCUT2D eigenvalue weighted by molar-refractivity contribution is 5.87. The predicted octanol–water partition coefficient (Wildman–Crippen LogP) is 5.12. The minimum Gasteiger partial charge on any atom is -0.493 e. The number of benzene rings is 2. The lowest BCUT2D eigenvalue weighted by Gasteiger charge is -2.28. The van der Waals surface area contributed by atoms with Crippen molar-refractivity contribution in [2.45, 2.75) is 69.6 Å². The Bertz CT molecular complexity index is 2030. The van der Waals surface area contributed by atoms with E-state index >= 15 is 0 Å². The second-order valence-electron chi connectivity index (χ2n) is 14.2. The molecule has 2 bridgehead atoms. The second-order valence-corrected chi connectivity index (χ2v) is 14.2. The number of aromatic amines is 2. The van der Waals surface area contributed by atoms with Crippen molar-refractivity contribution in [1.29, 1.82) is 0 Å². The minimum absolute atomic E-state index is 0.0328. The SMILES string of the molecule is COC(=O)N[C@@H](C)C(=O)N1CCC[C@H]1c1ncc(-c2ccc(-c3ccc4c(c3)OCCCCOC[C@H](NC(=O)OC)C(=O)N3CCC[C@H]3c3ncc-4[nH]3)cc2)[nH]1. The van der Waals surface area contributed by atoms with Crippen LogP contribution >= 0.6 is 0 Å². The van der Waals surface area contributed by atoms with Crippen LogP contribution in [0.5, 0.6) is 5.75 Å². The van der Waals surface area contributed by atoms with Gasteiger partial charge in [-0.25, -0.2) is 19.6 Å². The van der Waals surface area contributed by atoms with Gasteiger partial charge in [-0.2, -0.15) is 0 Å². The zero-order chi connectivity index (χ0) is 39.2. The van der Waals surface area contributed by atoms with Crippen LogP contribution in [-0.4, -0.2) is 113 Å². The standard InChI is InChI=1S/C40H48N8O8/c1-24(43-39(51)53-2)37(49)47-16-6-8-32(47)35-41-21-29(44-35)26-12-10-25(11-13-26)27-14-15-28-30-22-42-36(45-30)33-9-7-17-48(33)38(50)31(46-40(52)54-3)23-55-18-4-5-19-56-34(28)20-27/h10-15,20-22,24,31-33H,4-9,16-19,23H2,1-3H3,(H,41,44)(H,42,45)(H,43,51)(H,46,52)/t24-,31-,32-,33-/m0/s1. The van der Waals surface area contributed by atoms with Crippen LogP contribution in [0.25, 0.3) is 33.6 Å². The molecule has 4 atom stereocenters. The Hall–Kier alpha value is -5.90. The van der Waals surface area contributed by atoms with E-state index in [1.54, 1.807) is 29.1 Å². The summed E-state index contributed by atoms with van der Waals surface area (Å²) < 4.78 is 21.7. The second kappa shape index (κ2) is 17.3. The molecule has 4 N–H and O–H groups in total. The molecule has 0 radical (unpaired) electrons. The molecule has 4 aromatic rings. The number of nitrogens with zero attached hydrogens (tertiary/aromatic N) is 4. The van der Waals surface area contributed by atoms with Crippen molar-refractivity contribution in [3.63, 3.8) is 0 Å². The molecular formula is C40H48N8O8. The summed E-state index contributed by atoms with van der Waals surface area (Å²) in [4.78, 5) is 70.4. The van der Waals surface area contributed by atoms with Crippen molar-refractivity contribution < 1.29 is 38.1 Å². The molecule has 4 amide bonds. The van der Waals surface area contributed by atoms with Crippen LogP contribution in [0, 0.1) is 0 Å². The molecule has 0 aliphatic carbocycles. The smallest absolute Gasteiger partial charge is 0.407 e. The number of methoxy groups -OCH3 is 2. The Labute approximate surface area is 324 Å². The van der Waals surface area contributed by atoms with Gasteiger partial charge in [0.25, 0.3) is 0 Å². The molecule has 3 aliphatic heterocycles. The largest absolute Gasteiger partial charge is 0.493 e. The van der Waals surface area contributed by atoms with Crippen LogP contribution in [0.15, 0.2) is 54.9 Å². The van der Waals surface area contributed by atoms with Gasteiger partial charge in [0.05, 0.1) is 63.3 Å². The highest BCUT2D eigenvalue weighted by Gasteiger charge is 2.37. The van der Waals surface area contributed by atoms with Crippen molar-refractivity contribution >= 4 is 24.0 Å². The van der Waals surface area contributed by atoms with Crippen molar-refractivity contribution in [2.24, 2.45) is 0 Å². The summed E-state index contributed by atoms with van der Waals surface area (Å²) in [6.45, 7) is 3.66. The first-order valence-corrected chi connectivity index (χ1v) is 19.1. The van der Waals surface area contributed by atoms with E-state index in [0.29, 0.717) is 56.5 Å². The maximum atomic E-state index is 13.7. The van der Waals surface area contributed by atoms with Crippen molar-refractivity contribution in [1.82, 2.24) is 40.4 Å². The van der Waals surface area contributed by atoms with Gasteiger partial charge in [0.1, 0.15) is 29.5 Å². The number of alkyl carbamates (subject to hydrolysis) is 2. The van der Waals surface area contributed by atoms with Crippen molar-refractivity contribution in [2.75, 3.05) is 47.1 Å². The number of H-pyrrole nitrogens is 2. The predicted molar refractivity (Wildman–Crippen MR) is 204 cm³/mol. The Balaban J connectivity index is 1.09. The van der Waals surface area contributed by atoms with Crippen molar-refractivity contribution in [3.05, 3.63) is 66.5 Å². The molecule has 7 rings (SSSR count). The maximum Gasteiger partial charge on any atom is 0.407 e. The Kier molecular flexibility index (Phi) is 11.8. The van der Waals surface area contributed by atoms with Gasteiger partial charge < -0.3 is 49.3 Å². The van der Waals surface area contributed by atoms with E-state index in [1.165, 1.54) is 14.2 Å². The topological polar surface area (TPSA) is 193 Å². The highest BCUT2D eigenvalue weighted by atomic mass is 16.5. The molecule has 5 heterocycles. The Morgan fingerprint density at radius 1 is 0.821 bits per heavy atom. The number of fused-ring (bicyclic) bond motifs is 6. The fourth-order valence-electron chi connectivity index (χ4n) is 7.62. The monoisotopic (exact) mass is 768 g/mol. The molecule has 2 saturated heterocycles. The van der Waals surface area contributed by atoms with Gasteiger partial charge in [0.15, 0.2) is 0 Å². The lowest BCUT2D eigenvalue weighted by Crippen LogP contribution is -2.50. The molecular weight excluding hydrogens is 720 g/mol. The van der Waals surface area contributed by atoms with E-state index in [-0.39, 0.29) is 30.5 Å². The zero-order valence-corrected chi connectivity index (χ0v) is 31.8. The number of ether oxygens (including phenoxy) is 4. The quantitative estimate of drug-likeness (QED) is 0.205. The molecule has 0 unspecified atom stereocenters. The molecule has 0 spiro atoms. The van der Waals surface area contributed by atoms with Crippen molar-refractivity contribution in [3.8, 4) is 39.4 Å². The summed E-state index contributed by atoms with van der Waals surface area (Å²) in [5.74, 6) is 1.67. The summed E-state index contributed by atoms with van der Waals surface area (Å²) in [5, 5.41) is 5.20. The number of hydrogen-bond donors (Lipinski definition) is 4. The normalized spacial score (nSPS) is 20.7. The van der Waals surface area contributed by atoms with E-state index in [2.05, 4.69) is 48.5 Å². The summed E-state index contributed by atoms with van der Waals surface area (Å²) in [5.41, 5.74) is 5.40. The number of carbonyl (C=O) groups excluding carboxylic acids is 4. The van der Waals surface area contributed by atoms with Gasteiger partial charge in [0, 0.05) is 25.3 Å². The molecule has 16 nitrogen and oxygen atoms in total. The number of likely N-dealkylation sites (tertiary alicyclic amines) is 1. The van der Waals surface area contributed by atoms with Crippen LogP contribution < -0.4 is 15.4 Å². The molecule has 2 fully saturated rings. The van der Waals surface area contributed by atoms with E-state index in [4.69, 9.17) is 19.2 Å². The fraction of sp³-hybridized carbons (Fsp3) is 0.450. The molecule has 296 valence electrons. The number of hydrogen-bond acceptors (Lipinski definition) is 10. The van der Waals surface area contributed by atoms with Gasteiger partial charge in [-0.3, -0.25) is 9.59 Å². The van der Waals surface area contributed by atoms with Gasteiger partial charge in [-0.1, -0.05) is 30.3 Å². The average molecular weight is 769 g/mol. The number of rotatable bonds is 6. The Morgan fingerprint density at radius 3 is 2.27 bits per heavy atom. The first kappa shape index (κ1) is 38.4. The van der Waals surface area contributed by atoms with Gasteiger partial charge >= 0.3 is 12.2 Å². The average Bonchev–Trinajstić information content (AvgIpc) is 4.06. The highest BCUT2D eigenvalue weighted by Crippen LogP contribution is 2.38. The lowest BCUT2D eigenvalue weighted by molar-refractivity contribution is -0.136.